The fraction of sp³-hybridized carbons (Fsp3) is 0.857. The summed E-state index contributed by atoms with van der Waals surface area (Å²) in [5.41, 5.74) is 0. The van der Waals surface area contributed by atoms with Crippen LogP contribution in [0.25, 0.3) is 0 Å². The number of nitrogens with one attached hydrogen (secondary N) is 3. The smallest absolute Gasteiger partial charge is 0.242 e. The van der Waals surface area contributed by atoms with Gasteiger partial charge in [-0.3, -0.25) is 14.5 Å². The fourth-order valence-corrected chi connectivity index (χ4v) is 2.38. The third-order valence-electron chi connectivity index (χ3n) is 3.41. The lowest BCUT2D eigenvalue weighted by atomic mass is 10.0. The Morgan fingerprint density at radius 1 is 1.25 bits per heavy atom. The molecule has 0 aromatic rings. The molecule has 6 nitrogen and oxygen atoms in total. The van der Waals surface area contributed by atoms with Crippen molar-refractivity contribution in [3.63, 3.8) is 0 Å². The average Bonchev–Trinajstić information content (AvgIpc) is 2.65. The lowest BCUT2D eigenvalue weighted by Crippen LogP contribution is -2.49. The molecule has 1 unspecified atom stereocenters. The monoisotopic (exact) mass is 284 g/mol. The Morgan fingerprint density at radius 3 is 2.65 bits per heavy atom. The molecule has 20 heavy (non-hydrogen) atoms. The Morgan fingerprint density at radius 2 is 2.00 bits per heavy atom. The van der Waals surface area contributed by atoms with Gasteiger partial charge in [0.05, 0.1) is 6.54 Å². The van der Waals surface area contributed by atoms with E-state index in [1.807, 2.05) is 13.8 Å². The van der Waals surface area contributed by atoms with Crippen LogP contribution >= 0.6 is 0 Å². The van der Waals surface area contributed by atoms with E-state index in [0.717, 1.165) is 32.6 Å². The third-order valence-corrected chi connectivity index (χ3v) is 3.41. The van der Waals surface area contributed by atoms with Crippen LogP contribution in [-0.2, 0) is 9.59 Å². The van der Waals surface area contributed by atoms with Gasteiger partial charge in [-0.2, -0.15) is 0 Å². The van der Waals surface area contributed by atoms with E-state index in [9.17, 15) is 9.59 Å². The van der Waals surface area contributed by atoms with Crippen LogP contribution in [0.1, 0.15) is 26.7 Å². The molecule has 0 aliphatic carbocycles. The Kier molecular flexibility index (Phi) is 7.54. The molecule has 0 aromatic carbocycles. The molecule has 1 atom stereocenters. The van der Waals surface area contributed by atoms with Gasteiger partial charge in [-0.25, -0.2) is 0 Å². The maximum Gasteiger partial charge on any atom is 0.242 e. The van der Waals surface area contributed by atoms with Gasteiger partial charge in [0.25, 0.3) is 0 Å². The summed E-state index contributed by atoms with van der Waals surface area (Å²) >= 11 is 0. The number of rotatable bonds is 6. The number of carbonyl (C=O) groups is 2. The third kappa shape index (κ3) is 6.34. The normalized spacial score (nSPS) is 18.4. The summed E-state index contributed by atoms with van der Waals surface area (Å²) in [5.74, 6) is 0.172. The Hall–Kier alpha value is -1.14. The average molecular weight is 284 g/mol. The van der Waals surface area contributed by atoms with Gasteiger partial charge in [0.1, 0.15) is 6.04 Å². The van der Waals surface area contributed by atoms with Crippen LogP contribution in [0, 0.1) is 5.92 Å². The van der Waals surface area contributed by atoms with Gasteiger partial charge in [-0.05, 0) is 31.8 Å². The summed E-state index contributed by atoms with van der Waals surface area (Å²) in [4.78, 5) is 26.0. The van der Waals surface area contributed by atoms with Gasteiger partial charge in [-0.1, -0.05) is 13.8 Å². The van der Waals surface area contributed by atoms with Crippen molar-refractivity contribution in [2.45, 2.75) is 32.7 Å². The molecule has 1 aliphatic rings. The van der Waals surface area contributed by atoms with Crippen LogP contribution < -0.4 is 16.0 Å². The fourth-order valence-electron chi connectivity index (χ4n) is 2.38. The summed E-state index contributed by atoms with van der Waals surface area (Å²) in [5, 5.41) is 8.77. The molecule has 1 saturated heterocycles. The van der Waals surface area contributed by atoms with E-state index in [1.165, 1.54) is 0 Å². The number of amides is 2. The van der Waals surface area contributed by atoms with Crippen LogP contribution in [-0.4, -0.2) is 62.5 Å². The van der Waals surface area contributed by atoms with Crippen molar-refractivity contribution in [1.82, 2.24) is 20.9 Å². The molecule has 3 N–H and O–H groups in total. The van der Waals surface area contributed by atoms with Crippen molar-refractivity contribution in [2.24, 2.45) is 5.92 Å². The minimum atomic E-state index is -0.433. The Bertz CT molecular complexity index is 312. The van der Waals surface area contributed by atoms with Gasteiger partial charge in [0.2, 0.25) is 11.8 Å². The van der Waals surface area contributed by atoms with Crippen molar-refractivity contribution in [3.8, 4) is 0 Å². The first-order chi connectivity index (χ1) is 9.52. The topological polar surface area (TPSA) is 73.5 Å². The molecule has 0 saturated carbocycles. The Balaban J connectivity index is 2.45. The maximum absolute atomic E-state index is 12.1. The predicted molar refractivity (Wildman–Crippen MR) is 79.4 cm³/mol. The molecular formula is C14H28N4O2. The molecule has 1 fully saturated rings. The quantitative estimate of drug-likeness (QED) is 0.618. The van der Waals surface area contributed by atoms with Crippen LogP contribution in [0.15, 0.2) is 0 Å². The first-order valence-electron chi connectivity index (χ1n) is 7.47. The summed E-state index contributed by atoms with van der Waals surface area (Å²) in [6.45, 7) is 8.18. The number of hydrogen-bond acceptors (Lipinski definition) is 4. The van der Waals surface area contributed by atoms with Gasteiger partial charge in [0.15, 0.2) is 0 Å². The molecule has 0 aromatic heterocycles. The molecule has 2 amide bonds. The highest BCUT2D eigenvalue weighted by molar-refractivity contribution is 5.88. The van der Waals surface area contributed by atoms with Crippen molar-refractivity contribution >= 4 is 11.8 Å². The summed E-state index contributed by atoms with van der Waals surface area (Å²) in [7, 11) is 1.60. The molecule has 0 spiro atoms. The van der Waals surface area contributed by atoms with Crippen molar-refractivity contribution in [3.05, 3.63) is 0 Å². The molecule has 1 aliphatic heterocycles. The minimum Gasteiger partial charge on any atom is -0.357 e. The van der Waals surface area contributed by atoms with Crippen molar-refractivity contribution in [1.29, 1.82) is 0 Å². The first kappa shape index (κ1) is 16.9. The van der Waals surface area contributed by atoms with E-state index in [4.69, 9.17) is 0 Å². The summed E-state index contributed by atoms with van der Waals surface area (Å²) < 4.78 is 0. The zero-order valence-corrected chi connectivity index (χ0v) is 12.9. The van der Waals surface area contributed by atoms with E-state index >= 15 is 0 Å². The molecule has 116 valence electrons. The van der Waals surface area contributed by atoms with E-state index in [0.29, 0.717) is 18.9 Å². The zero-order valence-electron chi connectivity index (χ0n) is 12.9. The van der Waals surface area contributed by atoms with Crippen molar-refractivity contribution in [2.75, 3.05) is 39.8 Å². The van der Waals surface area contributed by atoms with Gasteiger partial charge in [-0.15, -0.1) is 0 Å². The Labute approximate surface area is 121 Å². The molecule has 0 radical (unpaired) electrons. The van der Waals surface area contributed by atoms with E-state index in [2.05, 4.69) is 20.9 Å². The van der Waals surface area contributed by atoms with Gasteiger partial charge in [0, 0.05) is 20.1 Å². The number of nitrogens with zero attached hydrogens (tertiary/aromatic N) is 1. The zero-order chi connectivity index (χ0) is 15.0. The van der Waals surface area contributed by atoms with Crippen LogP contribution in [0.2, 0.25) is 0 Å². The minimum absolute atomic E-state index is 0.0684. The molecule has 1 rings (SSSR count). The first-order valence-corrected chi connectivity index (χ1v) is 7.47. The van der Waals surface area contributed by atoms with Crippen LogP contribution in [0.3, 0.4) is 0 Å². The largest absolute Gasteiger partial charge is 0.357 e. The maximum atomic E-state index is 12.1. The number of likely N-dealkylation sites (N-methyl/N-ethyl adjacent to an activating group) is 1. The van der Waals surface area contributed by atoms with Crippen LogP contribution in [0.4, 0.5) is 0 Å². The SMILES string of the molecule is CNC(=O)C(CC(C)C)NC(=O)CN1CCCNCC1. The standard InChI is InChI=1S/C14H28N4O2/c1-11(2)9-12(14(20)15-3)17-13(19)10-18-7-4-5-16-6-8-18/h11-12,16H,4-10H2,1-3H3,(H,15,20)(H,17,19). The highest BCUT2D eigenvalue weighted by atomic mass is 16.2. The predicted octanol–water partition coefficient (Wildman–Crippen LogP) is -0.441. The molecule has 6 heteroatoms. The van der Waals surface area contributed by atoms with E-state index in [1.54, 1.807) is 7.05 Å². The molecule has 0 bridgehead atoms. The second-order valence-corrected chi connectivity index (χ2v) is 5.74. The van der Waals surface area contributed by atoms with E-state index in [-0.39, 0.29) is 11.8 Å². The van der Waals surface area contributed by atoms with Crippen molar-refractivity contribution < 1.29 is 9.59 Å². The number of carbonyl (C=O) groups excluding carboxylic acids is 2. The van der Waals surface area contributed by atoms with Gasteiger partial charge < -0.3 is 16.0 Å². The summed E-state index contributed by atoms with van der Waals surface area (Å²) in [6, 6.07) is -0.433. The highest BCUT2D eigenvalue weighted by Crippen LogP contribution is 2.05. The van der Waals surface area contributed by atoms with Gasteiger partial charge >= 0.3 is 0 Å². The lowest BCUT2D eigenvalue weighted by molar-refractivity contribution is -0.129. The van der Waals surface area contributed by atoms with E-state index < -0.39 is 6.04 Å². The molecular weight excluding hydrogens is 256 g/mol. The second kappa shape index (κ2) is 8.92. The van der Waals surface area contributed by atoms with Crippen LogP contribution in [0.5, 0.6) is 0 Å². The highest BCUT2D eigenvalue weighted by Gasteiger charge is 2.22. The second-order valence-electron chi connectivity index (χ2n) is 5.74. The molecule has 1 heterocycles. The summed E-state index contributed by atoms with van der Waals surface area (Å²) in [6.07, 6.45) is 1.71. The number of hydrogen-bond donors (Lipinski definition) is 3. The lowest BCUT2D eigenvalue weighted by Gasteiger charge is -2.22.